The van der Waals surface area contributed by atoms with E-state index in [9.17, 15) is 9.90 Å². The van der Waals surface area contributed by atoms with Crippen molar-refractivity contribution >= 4 is 6.29 Å². The highest BCUT2D eigenvalue weighted by Crippen LogP contribution is 2.36. The summed E-state index contributed by atoms with van der Waals surface area (Å²) >= 11 is 0. The number of carbonyl (C=O) groups is 1. The molecule has 0 aromatic heterocycles. The van der Waals surface area contributed by atoms with Gasteiger partial charge in [-0.25, -0.2) is 0 Å². The SMILES string of the molecule is CC(C)(C=O)C1CCC(O)CC1. The van der Waals surface area contributed by atoms with Gasteiger partial charge in [-0.3, -0.25) is 0 Å². The Morgan fingerprint density at radius 2 is 1.75 bits per heavy atom. The Morgan fingerprint density at radius 3 is 2.17 bits per heavy atom. The third-order valence-corrected chi connectivity index (χ3v) is 3.05. The third kappa shape index (κ3) is 2.07. The lowest BCUT2D eigenvalue weighted by atomic mass is 9.71. The Labute approximate surface area is 74.0 Å². The van der Waals surface area contributed by atoms with Gasteiger partial charge in [-0.15, -0.1) is 0 Å². The summed E-state index contributed by atoms with van der Waals surface area (Å²) in [7, 11) is 0. The quantitative estimate of drug-likeness (QED) is 0.641. The summed E-state index contributed by atoms with van der Waals surface area (Å²) in [5, 5.41) is 9.28. The summed E-state index contributed by atoms with van der Waals surface area (Å²) in [4.78, 5) is 10.7. The Morgan fingerprint density at radius 1 is 1.25 bits per heavy atom. The molecule has 0 bridgehead atoms. The highest BCUT2D eigenvalue weighted by Gasteiger charge is 2.32. The second kappa shape index (κ2) is 3.56. The number of carbonyl (C=O) groups excluding carboxylic acids is 1. The summed E-state index contributed by atoms with van der Waals surface area (Å²) in [5.41, 5.74) is -0.194. The molecule has 0 atom stereocenters. The minimum absolute atomic E-state index is 0.122. The van der Waals surface area contributed by atoms with Crippen molar-refractivity contribution in [1.29, 1.82) is 0 Å². The van der Waals surface area contributed by atoms with Crippen molar-refractivity contribution < 1.29 is 9.90 Å². The molecule has 1 saturated carbocycles. The van der Waals surface area contributed by atoms with Crippen molar-refractivity contribution in [3.8, 4) is 0 Å². The fourth-order valence-corrected chi connectivity index (χ4v) is 1.92. The van der Waals surface area contributed by atoms with Crippen molar-refractivity contribution in [2.24, 2.45) is 11.3 Å². The van der Waals surface area contributed by atoms with Crippen LogP contribution in [0.4, 0.5) is 0 Å². The maximum Gasteiger partial charge on any atom is 0.125 e. The van der Waals surface area contributed by atoms with Gasteiger partial charge in [-0.05, 0) is 31.6 Å². The summed E-state index contributed by atoms with van der Waals surface area (Å²) in [6.45, 7) is 3.98. The lowest BCUT2D eigenvalue weighted by molar-refractivity contribution is -0.118. The number of hydrogen-bond donors (Lipinski definition) is 1. The molecule has 2 heteroatoms. The average molecular weight is 170 g/mol. The first-order valence-electron chi connectivity index (χ1n) is 4.70. The van der Waals surface area contributed by atoms with E-state index in [2.05, 4.69) is 0 Å². The molecule has 70 valence electrons. The monoisotopic (exact) mass is 170 g/mol. The van der Waals surface area contributed by atoms with E-state index in [0.717, 1.165) is 32.0 Å². The molecule has 0 aromatic carbocycles. The molecule has 1 fully saturated rings. The van der Waals surface area contributed by atoms with Gasteiger partial charge in [0, 0.05) is 5.41 Å². The van der Waals surface area contributed by atoms with Crippen LogP contribution in [0.15, 0.2) is 0 Å². The molecule has 0 aliphatic heterocycles. The van der Waals surface area contributed by atoms with Crippen LogP contribution in [0.2, 0.25) is 0 Å². The molecular formula is C10H18O2. The van der Waals surface area contributed by atoms with E-state index in [4.69, 9.17) is 0 Å². The molecule has 0 unspecified atom stereocenters. The summed E-state index contributed by atoms with van der Waals surface area (Å²) in [6, 6.07) is 0. The second-order valence-electron chi connectivity index (χ2n) is 4.44. The molecule has 0 radical (unpaired) electrons. The van der Waals surface area contributed by atoms with Gasteiger partial charge in [-0.2, -0.15) is 0 Å². The van der Waals surface area contributed by atoms with Crippen LogP contribution in [-0.2, 0) is 4.79 Å². The highest BCUT2D eigenvalue weighted by molar-refractivity contribution is 5.58. The zero-order chi connectivity index (χ0) is 9.19. The van der Waals surface area contributed by atoms with Gasteiger partial charge in [0.2, 0.25) is 0 Å². The fraction of sp³-hybridized carbons (Fsp3) is 0.900. The topological polar surface area (TPSA) is 37.3 Å². The maximum absolute atomic E-state index is 10.7. The van der Waals surface area contributed by atoms with Crippen LogP contribution in [0.3, 0.4) is 0 Å². The molecule has 1 rings (SSSR count). The molecule has 0 aromatic rings. The van der Waals surface area contributed by atoms with E-state index in [0.29, 0.717) is 5.92 Å². The molecule has 0 saturated heterocycles. The first kappa shape index (κ1) is 9.72. The molecular weight excluding hydrogens is 152 g/mol. The van der Waals surface area contributed by atoms with Gasteiger partial charge < -0.3 is 9.90 Å². The van der Waals surface area contributed by atoms with Crippen molar-refractivity contribution in [1.82, 2.24) is 0 Å². The number of hydrogen-bond acceptors (Lipinski definition) is 2. The summed E-state index contributed by atoms with van der Waals surface area (Å²) in [5.74, 6) is 0.471. The molecule has 0 amide bonds. The molecule has 1 aliphatic rings. The third-order valence-electron chi connectivity index (χ3n) is 3.05. The van der Waals surface area contributed by atoms with Crippen molar-refractivity contribution in [2.75, 3.05) is 0 Å². The normalized spacial score (nSPS) is 31.6. The van der Waals surface area contributed by atoms with E-state index in [1.807, 2.05) is 13.8 Å². The zero-order valence-corrected chi connectivity index (χ0v) is 7.92. The van der Waals surface area contributed by atoms with Crippen molar-refractivity contribution in [3.05, 3.63) is 0 Å². The predicted molar refractivity (Wildman–Crippen MR) is 47.8 cm³/mol. The minimum atomic E-state index is -0.194. The van der Waals surface area contributed by atoms with Crippen LogP contribution < -0.4 is 0 Å². The second-order valence-corrected chi connectivity index (χ2v) is 4.44. The highest BCUT2D eigenvalue weighted by atomic mass is 16.3. The van der Waals surface area contributed by atoms with E-state index in [-0.39, 0.29) is 11.5 Å². The Hall–Kier alpha value is -0.370. The molecule has 1 aliphatic carbocycles. The number of aliphatic hydroxyl groups is 1. The molecule has 2 nitrogen and oxygen atoms in total. The van der Waals surface area contributed by atoms with E-state index >= 15 is 0 Å². The average Bonchev–Trinajstić information content (AvgIpc) is 2.05. The van der Waals surface area contributed by atoms with Crippen LogP contribution in [-0.4, -0.2) is 17.5 Å². The number of rotatable bonds is 2. The lowest BCUT2D eigenvalue weighted by Gasteiger charge is -2.34. The van der Waals surface area contributed by atoms with Crippen LogP contribution in [0.1, 0.15) is 39.5 Å². The lowest BCUT2D eigenvalue weighted by Crippen LogP contribution is -2.30. The number of aldehydes is 1. The first-order chi connectivity index (χ1) is 5.56. The number of aliphatic hydroxyl groups excluding tert-OH is 1. The van der Waals surface area contributed by atoms with Crippen molar-refractivity contribution in [2.45, 2.75) is 45.6 Å². The molecule has 12 heavy (non-hydrogen) atoms. The maximum atomic E-state index is 10.7. The fourth-order valence-electron chi connectivity index (χ4n) is 1.92. The minimum Gasteiger partial charge on any atom is -0.393 e. The van der Waals surface area contributed by atoms with Gasteiger partial charge in [0.05, 0.1) is 6.10 Å². The van der Waals surface area contributed by atoms with Crippen LogP contribution in [0.25, 0.3) is 0 Å². The molecule has 0 heterocycles. The predicted octanol–water partition coefficient (Wildman–Crippen LogP) is 1.76. The van der Waals surface area contributed by atoms with Crippen LogP contribution in [0.5, 0.6) is 0 Å². The molecule has 1 N–H and O–H groups in total. The van der Waals surface area contributed by atoms with Crippen LogP contribution in [0, 0.1) is 11.3 Å². The van der Waals surface area contributed by atoms with Crippen molar-refractivity contribution in [3.63, 3.8) is 0 Å². The van der Waals surface area contributed by atoms with Gasteiger partial charge >= 0.3 is 0 Å². The van der Waals surface area contributed by atoms with Gasteiger partial charge in [0.1, 0.15) is 6.29 Å². The summed E-state index contributed by atoms with van der Waals surface area (Å²) in [6.07, 6.45) is 4.64. The van der Waals surface area contributed by atoms with Gasteiger partial charge in [-0.1, -0.05) is 13.8 Å². The summed E-state index contributed by atoms with van der Waals surface area (Å²) < 4.78 is 0. The molecule has 0 spiro atoms. The Kier molecular flexibility index (Phi) is 2.89. The van der Waals surface area contributed by atoms with Gasteiger partial charge in [0.15, 0.2) is 0 Å². The smallest absolute Gasteiger partial charge is 0.125 e. The van der Waals surface area contributed by atoms with E-state index in [1.165, 1.54) is 0 Å². The van der Waals surface area contributed by atoms with E-state index in [1.54, 1.807) is 0 Å². The Balaban J connectivity index is 2.49. The largest absolute Gasteiger partial charge is 0.393 e. The Bertz CT molecular complexity index is 155. The zero-order valence-electron chi connectivity index (χ0n) is 7.92. The standard InChI is InChI=1S/C10H18O2/c1-10(2,7-11)8-3-5-9(12)6-4-8/h7-9,12H,3-6H2,1-2H3. The van der Waals surface area contributed by atoms with E-state index < -0.39 is 0 Å². The van der Waals surface area contributed by atoms with Crippen LogP contribution >= 0.6 is 0 Å². The van der Waals surface area contributed by atoms with Gasteiger partial charge in [0.25, 0.3) is 0 Å². The first-order valence-corrected chi connectivity index (χ1v) is 4.70.